The molecule has 0 radical (unpaired) electrons. The Morgan fingerprint density at radius 3 is 2.27 bits per heavy atom. The van der Waals surface area contributed by atoms with Crippen molar-refractivity contribution < 1.29 is 13.2 Å². The zero-order valence-corrected chi connectivity index (χ0v) is 13.9. The van der Waals surface area contributed by atoms with Crippen LogP contribution in [-0.2, 0) is 10.0 Å². The summed E-state index contributed by atoms with van der Waals surface area (Å²) in [6.45, 7) is 0. The first kappa shape index (κ1) is 16.4. The lowest BCUT2D eigenvalue weighted by Crippen LogP contribution is -2.27. The predicted molar refractivity (Wildman–Crippen MR) is 91.3 cm³/mol. The minimum atomic E-state index is -3.45. The number of hydrogen-bond acceptors (Lipinski definition) is 4. The molecule has 116 valence electrons. The van der Waals surface area contributed by atoms with Gasteiger partial charge in [-0.2, -0.15) is 0 Å². The zero-order chi connectivity index (χ0) is 16.3. The topological polar surface area (TPSA) is 66.5 Å². The van der Waals surface area contributed by atoms with Crippen molar-refractivity contribution >= 4 is 39.9 Å². The van der Waals surface area contributed by atoms with Crippen molar-refractivity contribution in [3.63, 3.8) is 0 Å². The van der Waals surface area contributed by atoms with Gasteiger partial charge in [-0.15, -0.1) is 12.6 Å². The maximum atomic E-state index is 12.4. The van der Waals surface area contributed by atoms with E-state index in [-0.39, 0.29) is 11.5 Å². The van der Waals surface area contributed by atoms with Crippen LogP contribution in [0.25, 0.3) is 0 Å². The van der Waals surface area contributed by atoms with Gasteiger partial charge < -0.3 is 5.32 Å². The highest BCUT2D eigenvalue weighted by Gasteiger charge is 2.19. The number of rotatable bonds is 4. The van der Waals surface area contributed by atoms with Gasteiger partial charge in [-0.25, -0.2) is 8.42 Å². The van der Waals surface area contributed by atoms with Crippen molar-refractivity contribution in [2.24, 2.45) is 0 Å². The Balaban J connectivity index is 2.32. The van der Waals surface area contributed by atoms with Crippen LogP contribution < -0.4 is 9.62 Å². The molecule has 0 bridgehead atoms. The van der Waals surface area contributed by atoms with Gasteiger partial charge in [0, 0.05) is 17.6 Å². The van der Waals surface area contributed by atoms with Crippen LogP contribution in [0.3, 0.4) is 0 Å². The van der Waals surface area contributed by atoms with Gasteiger partial charge in [0.05, 0.1) is 17.5 Å². The Labute approximate surface area is 135 Å². The van der Waals surface area contributed by atoms with Gasteiger partial charge in [0.1, 0.15) is 0 Å². The van der Waals surface area contributed by atoms with Crippen molar-refractivity contribution in [1.82, 2.24) is 0 Å². The van der Waals surface area contributed by atoms with Crippen molar-refractivity contribution in [2.75, 3.05) is 22.9 Å². The van der Waals surface area contributed by atoms with Gasteiger partial charge in [0.25, 0.3) is 5.91 Å². The van der Waals surface area contributed by atoms with Crippen LogP contribution in [0, 0.1) is 0 Å². The lowest BCUT2D eigenvalue weighted by molar-refractivity contribution is 0.102. The van der Waals surface area contributed by atoms with Crippen LogP contribution in [-0.4, -0.2) is 27.6 Å². The number of hydrogen-bond donors (Lipinski definition) is 2. The Bertz CT molecular complexity index is 787. The van der Waals surface area contributed by atoms with E-state index in [2.05, 4.69) is 17.9 Å². The minimum Gasteiger partial charge on any atom is -0.322 e. The van der Waals surface area contributed by atoms with E-state index in [0.29, 0.717) is 11.4 Å². The lowest BCUT2D eigenvalue weighted by Gasteiger charge is -2.19. The number of sulfonamides is 1. The second kappa shape index (κ2) is 6.41. The van der Waals surface area contributed by atoms with Crippen molar-refractivity contribution in [2.45, 2.75) is 4.90 Å². The summed E-state index contributed by atoms with van der Waals surface area (Å²) in [4.78, 5) is 13.2. The first-order valence-electron chi connectivity index (χ1n) is 6.42. The van der Waals surface area contributed by atoms with Crippen LogP contribution in [0.15, 0.2) is 53.4 Å². The van der Waals surface area contributed by atoms with Gasteiger partial charge >= 0.3 is 0 Å². The fourth-order valence-corrected chi connectivity index (χ4v) is 2.53. The number of benzene rings is 2. The van der Waals surface area contributed by atoms with Gasteiger partial charge in [0.2, 0.25) is 10.0 Å². The Morgan fingerprint density at radius 2 is 1.68 bits per heavy atom. The SMILES string of the molecule is CN(c1ccccc1C(=O)Nc1ccc(S)cc1)S(C)(=O)=O. The first-order valence-corrected chi connectivity index (χ1v) is 8.72. The van der Waals surface area contributed by atoms with Crippen molar-refractivity contribution in [3.8, 4) is 0 Å². The second-order valence-corrected chi connectivity index (χ2v) is 7.28. The molecule has 2 aromatic carbocycles. The maximum Gasteiger partial charge on any atom is 0.257 e. The molecule has 22 heavy (non-hydrogen) atoms. The summed E-state index contributed by atoms with van der Waals surface area (Å²) in [5.74, 6) is -0.377. The quantitative estimate of drug-likeness (QED) is 0.844. The summed E-state index contributed by atoms with van der Waals surface area (Å²) in [7, 11) is -2.03. The molecule has 5 nitrogen and oxygen atoms in total. The molecule has 0 saturated heterocycles. The number of para-hydroxylation sites is 1. The largest absolute Gasteiger partial charge is 0.322 e. The average molecular weight is 336 g/mol. The lowest BCUT2D eigenvalue weighted by atomic mass is 10.1. The normalized spacial score (nSPS) is 11.0. The van der Waals surface area contributed by atoms with E-state index in [0.717, 1.165) is 15.5 Å². The predicted octanol–water partition coefficient (Wildman–Crippen LogP) is 2.62. The molecule has 0 spiro atoms. The number of amides is 1. The number of anilines is 2. The van der Waals surface area contributed by atoms with Crippen LogP contribution >= 0.6 is 12.6 Å². The Kier molecular flexibility index (Phi) is 4.77. The molecule has 0 unspecified atom stereocenters. The number of thiol groups is 1. The highest BCUT2D eigenvalue weighted by atomic mass is 32.2. The fraction of sp³-hybridized carbons (Fsp3) is 0.133. The molecule has 1 amide bonds. The Hall–Kier alpha value is -1.99. The summed E-state index contributed by atoms with van der Waals surface area (Å²) in [5.41, 5.74) is 1.22. The van der Waals surface area contributed by atoms with Crippen molar-refractivity contribution in [3.05, 3.63) is 54.1 Å². The van der Waals surface area contributed by atoms with Gasteiger partial charge in [-0.3, -0.25) is 9.10 Å². The number of nitrogens with zero attached hydrogens (tertiary/aromatic N) is 1. The fourth-order valence-electron chi connectivity index (χ4n) is 1.86. The van der Waals surface area contributed by atoms with Gasteiger partial charge in [-0.05, 0) is 36.4 Å². The molecule has 0 heterocycles. The average Bonchev–Trinajstić information content (AvgIpc) is 2.48. The van der Waals surface area contributed by atoms with E-state index in [1.54, 1.807) is 48.5 Å². The van der Waals surface area contributed by atoms with Gasteiger partial charge in [0.15, 0.2) is 0 Å². The summed E-state index contributed by atoms with van der Waals surface area (Å²) in [5, 5.41) is 2.74. The Morgan fingerprint density at radius 1 is 1.09 bits per heavy atom. The monoisotopic (exact) mass is 336 g/mol. The van der Waals surface area contributed by atoms with E-state index in [1.807, 2.05) is 0 Å². The van der Waals surface area contributed by atoms with E-state index in [4.69, 9.17) is 0 Å². The van der Waals surface area contributed by atoms with Crippen LogP contribution in [0.1, 0.15) is 10.4 Å². The first-order chi connectivity index (χ1) is 10.3. The summed E-state index contributed by atoms with van der Waals surface area (Å²) < 4.78 is 24.5. The van der Waals surface area contributed by atoms with Crippen LogP contribution in [0.4, 0.5) is 11.4 Å². The molecule has 0 aromatic heterocycles. The van der Waals surface area contributed by atoms with Crippen LogP contribution in [0.5, 0.6) is 0 Å². The third-order valence-corrected chi connectivity index (χ3v) is 4.60. The number of carbonyl (C=O) groups is 1. The summed E-state index contributed by atoms with van der Waals surface area (Å²) in [6, 6.07) is 13.5. The summed E-state index contributed by atoms with van der Waals surface area (Å²) >= 11 is 4.18. The smallest absolute Gasteiger partial charge is 0.257 e. The highest BCUT2D eigenvalue weighted by Crippen LogP contribution is 2.22. The van der Waals surface area contributed by atoms with E-state index in [1.165, 1.54) is 7.05 Å². The standard InChI is InChI=1S/C15H16N2O3S2/c1-17(22(2,19)20)14-6-4-3-5-13(14)15(18)16-11-7-9-12(21)10-8-11/h3-10,21H,1-2H3,(H,16,18). The highest BCUT2D eigenvalue weighted by molar-refractivity contribution is 7.92. The summed E-state index contributed by atoms with van der Waals surface area (Å²) in [6.07, 6.45) is 1.09. The molecule has 2 rings (SSSR count). The molecule has 0 saturated carbocycles. The van der Waals surface area contributed by atoms with E-state index < -0.39 is 10.0 Å². The van der Waals surface area contributed by atoms with E-state index >= 15 is 0 Å². The molecule has 0 aliphatic rings. The minimum absolute atomic E-state index is 0.283. The van der Waals surface area contributed by atoms with E-state index in [9.17, 15) is 13.2 Å². The molecule has 0 fully saturated rings. The molecule has 0 aliphatic carbocycles. The number of carbonyl (C=O) groups excluding carboxylic acids is 1. The van der Waals surface area contributed by atoms with Crippen LogP contribution in [0.2, 0.25) is 0 Å². The number of nitrogens with one attached hydrogen (secondary N) is 1. The third-order valence-electron chi connectivity index (χ3n) is 3.11. The third kappa shape index (κ3) is 3.80. The molecule has 1 N–H and O–H groups in total. The maximum absolute atomic E-state index is 12.4. The molecule has 0 atom stereocenters. The second-order valence-electron chi connectivity index (χ2n) is 4.75. The molecule has 2 aromatic rings. The van der Waals surface area contributed by atoms with Gasteiger partial charge in [-0.1, -0.05) is 12.1 Å². The molecular weight excluding hydrogens is 320 g/mol. The zero-order valence-electron chi connectivity index (χ0n) is 12.1. The molecule has 7 heteroatoms. The van der Waals surface area contributed by atoms with Crippen molar-refractivity contribution in [1.29, 1.82) is 0 Å². The molecular formula is C15H16N2O3S2. The molecule has 0 aliphatic heterocycles.